The maximum absolute atomic E-state index is 12.3. The Hall–Kier alpha value is -2.57. The molecule has 0 spiro atoms. The van der Waals surface area contributed by atoms with Crippen LogP contribution in [-0.2, 0) is 19.1 Å². The lowest BCUT2D eigenvalue weighted by Gasteiger charge is -2.18. The SMILES string of the molecule is CCOc1ccc(N2CC(C(=O)OC(C)C(=O)NC3CC3)CC2=O)cc1. The summed E-state index contributed by atoms with van der Waals surface area (Å²) in [5, 5.41) is 2.80. The van der Waals surface area contributed by atoms with E-state index in [0.29, 0.717) is 12.3 Å². The van der Waals surface area contributed by atoms with E-state index in [0.717, 1.165) is 18.6 Å². The van der Waals surface area contributed by atoms with E-state index in [2.05, 4.69) is 5.32 Å². The van der Waals surface area contributed by atoms with Crippen LogP contribution in [0.4, 0.5) is 5.69 Å². The highest BCUT2D eigenvalue weighted by molar-refractivity contribution is 5.99. The first-order valence-corrected chi connectivity index (χ1v) is 9.02. The molecule has 7 nitrogen and oxygen atoms in total. The van der Waals surface area contributed by atoms with Gasteiger partial charge in [-0.25, -0.2) is 0 Å². The standard InChI is InChI=1S/C19H24N2O5/c1-3-25-16-8-6-15(7-9-16)21-11-13(10-17(21)22)19(24)26-12(2)18(23)20-14-4-5-14/h6-9,12-14H,3-5,10-11H2,1-2H3,(H,20,23). The van der Waals surface area contributed by atoms with Crippen LogP contribution in [0.15, 0.2) is 24.3 Å². The van der Waals surface area contributed by atoms with Gasteiger partial charge in [-0.15, -0.1) is 0 Å². The Morgan fingerprint density at radius 1 is 1.27 bits per heavy atom. The molecule has 1 aliphatic carbocycles. The number of carbonyl (C=O) groups excluding carboxylic acids is 3. The van der Waals surface area contributed by atoms with E-state index in [-0.39, 0.29) is 30.8 Å². The molecule has 1 aliphatic heterocycles. The van der Waals surface area contributed by atoms with Gasteiger partial charge in [-0.3, -0.25) is 14.4 Å². The first-order chi connectivity index (χ1) is 12.5. The van der Waals surface area contributed by atoms with Gasteiger partial charge in [0, 0.05) is 24.7 Å². The summed E-state index contributed by atoms with van der Waals surface area (Å²) in [5.74, 6) is -0.760. The number of esters is 1. The molecule has 1 heterocycles. The van der Waals surface area contributed by atoms with Crippen LogP contribution in [-0.4, -0.2) is 43.1 Å². The van der Waals surface area contributed by atoms with Gasteiger partial charge in [0.2, 0.25) is 5.91 Å². The number of rotatable bonds is 7. The maximum Gasteiger partial charge on any atom is 0.312 e. The number of nitrogens with one attached hydrogen (secondary N) is 1. The summed E-state index contributed by atoms with van der Waals surface area (Å²) in [7, 11) is 0. The van der Waals surface area contributed by atoms with Crippen molar-refractivity contribution in [3.05, 3.63) is 24.3 Å². The summed E-state index contributed by atoms with van der Waals surface area (Å²) in [6, 6.07) is 7.39. The fourth-order valence-electron chi connectivity index (χ4n) is 2.87. The first-order valence-electron chi connectivity index (χ1n) is 9.02. The second kappa shape index (κ2) is 7.76. The van der Waals surface area contributed by atoms with E-state index in [1.165, 1.54) is 0 Å². The van der Waals surface area contributed by atoms with Crippen LogP contribution in [0.25, 0.3) is 0 Å². The van der Waals surface area contributed by atoms with E-state index < -0.39 is 18.0 Å². The molecule has 0 radical (unpaired) electrons. The van der Waals surface area contributed by atoms with Gasteiger partial charge >= 0.3 is 5.97 Å². The van der Waals surface area contributed by atoms with Crippen LogP contribution in [0.3, 0.4) is 0 Å². The van der Waals surface area contributed by atoms with Crippen molar-refractivity contribution in [3.63, 3.8) is 0 Å². The van der Waals surface area contributed by atoms with Crippen LogP contribution < -0.4 is 15.0 Å². The Morgan fingerprint density at radius 2 is 1.96 bits per heavy atom. The Kier molecular flexibility index (Phi) is 5.44. The largest absolute Gasteiger partial charge is 0.494 e. The minimum Gasteiger partial charge on any atom is -0.494 e. The predicted octanol–water partition coefficient (Wildman–Crippen LogP) is 1.65. The number of hydrogen-bond donors (Lipinski definition) is 1. The zero-order valence-corrected chi connectivity index (χ0v) is 15.1. The molecular formula is C19H24N2O5. The number of carbonyl (C=O) groups is 3. The smallest absolute Gasteiger partial charge is 0.312 e. The van der Waals surface area contributed by atoms with Crippen molar-refractivity contribution in [2.45, 2.75) is 45.3 Å². The monoisotopic (exact) mass is 360 g/mol. The van der Waals surface area contributed by atoms with Crippen molar-refractivity contribution in [3.8, 4) is 5.75 Å². The van der Waals surface area contributed by atoms with Crippen molar-refractivity contribution in [2.24, 2.45) is 5.92 Å². The number of amides is 2. The third-order valence-electron chi connectivity index (χ3n) is 4.50. The van der Waals surface area contributed by atoms with Crippen molar-refractivity contribution in [1.82, 2.24) is 5.32 Å². The van der Waals surface area contributed by atoms with Crippen molar-refractivity contribution in [1.29, 1.82) is 0 Å². The Morgan fingerprint density at radius 3 is 2.58 bits per heavy atom. The number of benzene rings is 1. The molecule has 1 aromatic carbocycles. The highest BCUT2D eigenvalue weighted by Crippen LogP contribution is 2.28. The van der Waals surface area contributed by atoms with Crippen LogP contribution >= 0.6 is 0 Å². The molecule has 0 bridgehead atoms. The van der Waals surface area contributed by atoms with Crippen molar-refractivity contribution >= 4 is 23.5 Å². The average Bonchev–Trinajstić information content (AvgIpc) is 3.35. The number of nitrogens with zero attached hydrogens (tertiary/aromatic N) is 1. The maximum atomic E-state index is 12.3. The normalized spacial score (nSPS) is 20.6. The van der Waals surface area contributed by atoms with Gasteiger partial charge in [0.1, 0.15) is 5.75 Å². The summed E-state index contributed by atoms with van der Waals surface area (Å²) in [6.45, 7) is 4.28. The van der Waals surface area contributed by atoms with E-state index in [9.17, 15) is 14.4 Å². The van der Waals surface area contributed by atoms with E-state index in [4.69, 9.17) is 9.47 Å². The first kappa shape index (κ1) is 18.2. The van der Waals surface area contributed by atoms with Gasteiger partial charge in [0.15, 0.2) is 6.10 Å². The van der Waals surface area contributed by atoms with Crippen LogP contribution in [0.2, 0.25) is 0 Å². The van der Waals surface area contributed by atoms with Gasteiger partial charge in [-0.05, 0) is 51.0 Å². The summed E-state index contributed by atoms with van der Waals surface area (Å²) >= 11 is 0. The van der Waals surface area contributed by atoms with E-state index in [1.54, 1.807) is 36.1 Å². The number of hydrogen-bond acceptors (Lipinski definition) is 5. The summed E-state index contributed by atoms with van der Waals surface area (Å²) in [4.78, 5) is 38.1. The van der Waals surface area contributed by atoms with Gasteiger partial charge in [0.05, 0.1) is 12.5 Å². The molecule has 1 N–H and O–H groups in total. The zero-order chi connectivity index (χ0) is 18.7. The Labute approximate surface area is 152 Å². The third-order valence-corrected chi connectivity index (χ3v) is 4.50. The summed E-state index contributed by atoms with van der Waals surface area (Å²) < 4.78 is 10.7. The molecule has 2 amide bonds. The molecule has 2 atom stereocenters. The molecular weight excluding hydrogens is 336 g/mol. The van der Waals surface area contributed by atoms with Crippen molar-refractivity contribution < 1.29 is 23.9 Å². The average molecular weight is 360 g/mol. The van der Waals surface area contributed by atoms with E-state index in [1.807, 2.05) is 6.92 Å². The minimum absolute atomic E-state index is 0.0863. The fourth-order valence-corrected chi connectivity index (χ4v) is 2.87. The Bertz CT molecular complexity index is 684. The molecule has 2 fully saturated rings. The molecule has 2 aliphatic rings. The molecule has 2 unspecified atom stereocenters. The molecule has 1 saturated heterocycles. The summed E-state index contributed by atoms with van der Waals surface area (Å²) in [5.41, 5.74) is 0.716. The second-order valence-electron chi connectivity index (χ2n) is 6.69. The topological polar surface area (TPSA) is 84.9 Å². The van der Waals surface area contributed by atoms with E-state index >= 15 is 0 Å². The molecule has 3 rings (SSSR count). The third kappa shape index (κ3) is 4.33. The minimum atomic E-state index is -0.849. The quantitative estimate of drug-likeness (QED) is 0.748. The lowest BCUT2D eigenvalue weighted by molar-refractivity contribution is -0.158. The van der Waals surface area contributed by atoms with Crippen molar-refractivity contribution in [2.75, 3.05) is 18.1 Å². The zero-order valence-electron chi connectivity index (χ0n) is 15.1. The molecule has 7 heteroatoms. The molecule has 0 aromatic heterocycles. The lowest BCUT2D eigenvalue weighted by atomic mass is 10.1. The molecule has 1 saturated carbocycles. The summed E-state index contributed by atoms with van der Waals surface area (Å²) in [6.07, 6.45) is 1.18. The number of anilines is 1. The van der Waals surface area contributed by atoms with Crippen LogP contribution in [0.5, 0.6) is 5.75 Å². The van der Waals surface area contributed by atoms with Crippen LogP contribution in [0, 0.1) is 5.92 Å². The molecule has 1 aromatic rings. The van der Waals surface area contributed by atoms with Gasteiger partial charge in [-0.1, -0.05) is 0 Å². The predicted molar refractivity (Wildman–Crippen MR) is 94.8 cm³/mol. The molecule has 26 heavy (non-hydrogen) atoms. The highest BCUT2D eigenvalue weighted by Gasteiger charge is 2.37. The number of ether oxygens (including phenoxy) is 2. The highest BCUT2D eigenvalue weighted by atomic mass is 16.5. The second-order valence-corrected chi connectivity index (χ2v) is 6.69. The van der Waals surface area contributed by atoms with Gasteiger partial charge in [-0.2, -0.15) is 0 Å². The van der Waals surface area contributed by atoms with Crippen LogP contribution in [0.1, 0.15) is 33.1 Å². The lowest BCUT2D eigenvalue weighted by Crippen LogP contribution is -2.38. The molecule has 140 valence electrons. The fraction of sp³-hybridized carbons (Fsp3) is 0.526. The van der Waals surface area contributed by atoms with Gasteiger partial charge < -0.3 is 19.7 Å². The Balaban J connectivity index is 1.56. The van der Waals surface area contributed by atoms with Gasteiger partial charge in [0.25, 0.3) is 5.91 Å².